The summed E-state index contributed by atoms with van der Waals surface area (Å²) in [5, 5.41) is 4.38. The van der Waals surface area contributed by atoms with Gasteiger partial charge in [-0.25, -0.2) is 13.2 Å². The molecule has 0 spiro atoms. The van der Waals surface area contributed by atoms with Gasteiger partial charge in [-0.1, -0.05) is 81.4 Å². The predicted octanol–water partition coefficient (Wildman–Crippen LogP) is 9.76. The van der Waals surface area contributed by atoms with Crippen LogP contribution in [0, 0.1) is 33.1 Å². The van der Waals surface area contributed by atoms with E-state index in [2.05, 4.69) is 112 Å². The van der Waals surface area contributed by atoms with Gasteiger partial charge in [0.05, 0.1) is 16.9 Å². The van der Waals surface area contributed by atoms with E-state index in [0.29, 0.717) is 23.5 Å². The molecule has 1 amide bonds. The number of carbonyl (C=O) groups excluding carboxylic acids is 2. The molecular formula is C53H63N3O7S. The Bertz CT molecular complexity index is 2740. The molecule has 0 fully saturated rings. The quantitative estimate of drug-likeness (QED) is 0.0712. The molecule has 0 unspecified atom stereocenters. The first-order chi connectivity index (χ1) is 30.6. The topological polar surface area (TPSA) is 114 Å². The van der Waals surface area contributed by atoms with Gasteiger partial charge in [0, 0.05) is 59.0 Å². The van der Waals surface area contributed by atoms with E-state index in [1.165, 1.54) is 26.6 Å². The number of hydrogen-bond acceptors (Lipinski definition) is 8. The second-order valence-electron chi connectivity index (χ2n) is 16.9. The minimum absolute atomic E-state index is 0.00398. The Balaban J connectivity index is 1.41. The van der Waals surface area contributed by atoms with Crippen molar-refractivity contribution >= 4 is 44.6 Å². The van der Waals surface area contributed by atoms with Crippen LogP contribution in [0.3, 0.4) is 0 Å². The highest BCUT2D eigenvalue weighted by Crippen LogP contribution is 2.42. The number of benzene rings is 5. The van der Waals surface area contributed by atoms with Crippen LogP contribution >= 0.6 is 0 Å². The highest BCUT2D eigenvalue weighted by atomic mass is 32.2. The Kier molecular flexibility index (Phi) is 15.1. The van der Waals surface area contributed by atoms with Gasteiger partial charge in [-0.2, -0.15) is 4.31 Å². The van der Waals surface area contributed by atoms with Crippen LogP contribution in [0.5, 0.6) is 11.5 Å². The molecule has 0 aliphatic carbocycles. The molecule has 11 heteroatoms. The fourth-order valence-electron chi connectivity index (χ4n) is 8.45. The molecule has 1 aliphatic heterocycles. The third-order valence-corrected chi connectivity index (χ3v) is 14.3. The molecule has 10 nitrogen and oxygen atoms in total. The summed E-state index contributed by atoms with van der Waals surface area (Å²) >= 11 is 0. The van der Waals surface area contributed by atoms with E-state index >= 15 is 0 Å². The summed E-state index contributed by atoms with van der Waals surface area (Å²) in [6.45, 7) is 20.8. The Labute approximate surface area is 379 Å². The lowest BCUT2D eigenvalue weighted by Gasteiger charge is -2.29. The van der Waals surface area contributed by atoms with Gasteiger partial charge in [0.15, 0.2) is 0 Å². The van der Waals surface area contributed by atoms with Crippen molar-refractivity contribution in [1.82, 2.24) is 9.62 Å². The van der Waals surface area contributed by atoms with Crippen LogP contribution in [0.2, 0.25) is 0 Å². The van der Waals surface area contributed by atoms with Gasteiger partial charge >= 0.3 is 12.1 Å². The summed E-state index contributed by atoms with van der Waals surface area (Å²) in [5.41, 5.74) is 10.7. The number of anilines is 2. The zero-order valence-electron chi connectivity index (χ0n) is 39.1. The van der Waals surface area contributed by atoms with Gasteiger partial charge < -0.3 is 24.4 Å². The zero-order chi connectivity index (χ0) is 46.3. The smallest absolute Gasteiger partial charge is 0.407 e. The van der Waals surface area contributed by atoms with E-state index in [-0.39, 0.29) is 43.7 Å². The van der Waals surface area contributed by atoms with Gasteiger partial charge in [0.25, 0.3) is 0 Å². The number of para-hydroxylation sites is 1. The van der Waals surface area contributed by atoms with E-state index in [0.717, 1.165) is 57.0 Å². The van der Waals surface area contributed by atoms with Crippen LogP contribution in [-0.2, 0) is 24.3 Å². The van der Waals surface area contributed by atoms with Crippen molar-refractivity contribution < 1.29 is 32.2 Å². The van der Waals surface area contributed by atoms with Gasteiger partial charge in [-0.05, 0) is 130 Å². The summed E-state index contributed by atoms with van der Waals surface area (Å²) in [6.07, 6.45) is 0.693. The third-order valence-electron chi connectivity index (χ3n) is 12.3. The second kappa shape index (κ2) is 20.3. The summed E-state index contributed by atoms with van der Waals surface area (Å²) in [7, 11) is -4.13. The molecule has 5 aromatic carbocycles. The predicted molar refractivity (Wildman–Crippen MR) is 256 cm³/mol. The van der Waals surface area contributed by atoms with Gasteiger partial charge in [-0.3, -0.25) is 4.79 Å². The van der Waals surface area contributed by atoms with Crippen molar-refractivity contribution in [2.75, 3.05) is 44.3 Å². The first-order valence-electron chi connectivity index (χ1n) is 22.3. The Morgan fingerprint density at radius 2 is 1.39 bits per heavy atom. The van der Waals surface area contributed by atoms with Crippen molar-refractivity contribution in [3.05, 3.63) is 146 Å². The number of esters is 1. The average molecular weight is 886 g/mol. The number of ether oxygens (including phenoxy) is 3. The van der Waals surface area contributed by atoms with Gasteiger partial charge in [0.1, 0.15) is 24.7 Å². The lowest BCUT2D eigenvalue weighted by atomic mass is 9.90. The Morgan fingerprint density at radius 3 is 2.03 bits per heavy atom. The maximum absolute atomic E-state index is 14.8. The first kappa shape index (κ1) is 47.6. The van der Waals surface area contributed by atoms with Gasteiger partial charge in [-0.15, -0.1) is 0 Å². The van der Waals surface area contributed by atoms with Gasteiger partial charge in [0.2, 0.25) is 10.0 Å². The monoisotopic (exact) mass is 885 g/mol. The maximum Gasteiger partial charge on any atom is 0.407 e. The summed E-state index contributed by atoms with van der Waals surface area (Å²) in [6, 6.07) is 32.2. The molecule has 1 aliphatic rings. The standard InChI is InChI=1S/C53H63N3O7S/c1-11-41(48-35(5)19-17-20-36(48)6)39-25-27-42-45(33-39)63-46-34-40(56(14-4)50-37(7)21-18-22-38(50)8)26-28-43(46)49(42)44-23-15-16-24-47(44)64(59,60)55(13-3)30-32-62-52(58)54-29-31-61-51(57)53(9,10)12-2/h15-28,33-34H,11-14,29-32H2,1-10H3,(H,54,58)/b41-39+. The second-order valence-corrected chi connectivity index (χ2v) is 18.8. The summed E-state index contributed by atoms with van der Waals surface area (Å²) < 4.78 is 48.5. The summed E-state index contributed by atoms with van der Waals surface area (Å²) in [5.74, 6) is 0.908. The number of nitrogens with zero attached hydrogens (tertiary/aromatic N) is 2. The van der Waals surface area contributed by atoms with E-state index in [9.17, 15) is 18.0 Å². The average Bonchev–Trinajstić information content (AvgIpc) is 3.27. The fraction of sp³-hybridized carbons (Fsp3) is 0.358. The SMILES string of the molecule is CC/C(c1c(C)cccc1C)=c1/ccc2c(c1)Oc1cc(N(CC)c3c(C)cccc3C)ccc1C=2c1ccccc1S(=O)(=O)N(CC)CCOC(=O)NCCOC(=O)C(C)(C)CC. The molecular weight excluding hydrogens is 823 g/mol. The first-order valence-corrected chi connectivity index (χ1v) is 23.8. The Morgan fingerprint density at radius 1 is 0.719 bits per heavy atom. The Hall–Kier alpha value is -5.91. The minimum Gasteiger partial charge on any atom is -0.463 e. The number of aryl methyl sites for hydroxylation is 4. The number of carbonyl (C=O) groups is 2. The van der Waals surface area contributed by atoms with Crippen LogP contribution in [-0.4, -0.2) is 64.2 Å². The molecule has 0 aromatic heterocycles. The molecule has 64 heavy (non-hydrogen) atoms. The lowest BCUT2D eigenvalue weighted by molar-refractivity contribution is -0.153. The number of rotatable bonds is 17. The van der Waals surface area contributed by atoms with Crippen LogP contribution in [0.1, 0.15) is 93.3 Å². The van der Waals surface area contributed by atoms with Crippen molar-refractivity contribution in [2.24, 2.45) is 5.41 Å². The highest BCUT2D eigenvalue weighted by molar-refractivity contribution is 7.89. The van der Waals surface area contributed by atoms with Crippen LogP contribution < -0.4 is 25.4 Å². The normalized spacial score (nSPS) is 12.8. The van der Waals surface area contributed by atoms with Crippen molar-refractivity contribution in [2.45, 2.75) is 87.0 Å². The number of amides is 1. The molecule has 0 saturated carbocycles. The van der Waals surface area contributed by atoms with E-state index in [1.54, 1.807) is 32.9 Å². The molecule has 1 N–H and O–H groups in total. The molecule has 6 rings (SSSR count). The molecule has 0 atom stereocenters. The zero-order valence-corrected chi connectivity index (χ0v) is 39.9. The van der Waals surface area contributed by atoms with Crippen molar-refractivity contribution in [3.63, 3.8) is 0 Å². The molecule has 5 aromatic rings. The number of sulfonamides is 1. The van der Waals surface area contributed by atoms with E-state index < -0.39 is 21.5 Å². The number of likely N-dealkylation sites (N-methyl/N-ethyl adjacent to an activating group) is 1. The van der Waals surface area contributed by atoms with Crippen molar-refractivity contribution in [1.29, 1.82) is 0 Å². The number of nitrogens with one attached hydrogen (secondary N) is 1. The van der Waals surface area contributed by atoms with E-state index in [1.807, 2.05) is 31.2 Å². The van der Waals surface area contributed by atoms with Crippen LogP contribution in [0.4, 0.5) is 16.2 Å². The third kappa shape index (κ3) is 9.91. The molecule has 338 valence electrons. The minimum atomic E-state index is -4.13. The maximum atomic E-state index is 14.8. The number of hydrogen-bond donors (Lipinski definition) is 1. The van der Waals surface area contributed by atoms with E-state index in [4.69, 9.17) is 14.2 Å². The molecule has 0 radical (unpaired) electrons. The fourth-order valence-corrected chi connectivity index (χ4v) is 10.1. The highest BCUT2D eigenvalue weighted by Gasteiger charge is 2.31. The lowest BCUT2D eigenvalue weighted by Crippen LogP contribution is -2.37. The largest absolute Gasteiger partial charge is 0.463 e. The molecule has 1 heterocycles. The van der Waals surface area contributed by atoms with Crippen LogP contribution in [0.25, 0.3) is 11.1 Å². The van der Waals surface area contributed by atoms with Crippen LogP contribution in [0.15, 0.2) is 102 Å². The molecule has 0 bridgehead atoms. The van der Waals surface area contributed by atoms with Crippen molar-refractivity contribution in [3.8, 4) is 11.5 Å². The number of fused-ring (bicyclic) bond motifs is 2. The molecule has 0 saturated heterocycles. The summed E-state index contributed by atoms with van der Waals surface area (Å²) in [4.78, 5) is 27.2. The number of alkyl carbamates (subject to hydrolysis) is 1.